The molecule has 3 nitrogen and oxygen atoms in total. The van der Waals surface area contributed by atoms with E-state index >= 15 is 0 Å². The van der Waals surface area contributed by atoms with Gasteiger partial charge in [-0.1, -0.05) is 25.7 Å². The van der Waals surface area contributed by atoms with Crippen molar-refractivity contribution in [3.05, 3.63) is 0 Å². The zero-order valence-corrected chi connectivity index (χ0v) is 14.7. The molecule has 124 valence electrons. The van der Waals surface area contributed by atoms with Crippen molar-refractivity contribution >= 4 is 0 Å². The van der Waals surface area contributed by atoms with E-state index in [0.29, 0.717) is 11.5 Å². The first-order valence-electron chi connectivity index (χ1n) is 8.97. The van der Waals surface area contributed by atoms with Crippen molar-refractivity contribution < 1.29 is 4.74 Å². The lowest BCUT2D eigenvalue weighted by Gasteiger charge is -2.43. The molecule has 1 N–H and O–H groups in total. The molecule has 2 fully saturated rings. The monoisotopic (exact) mass is 296 g/mol. The first-order valence-corrected chi connectivity index (χ1v) is 8.97. The van der Waals surface area contributed by atoms with E-state index in [9.17, 15) is 0 Å². The summed E-state index contributed by atoms with van der Waals surface area (Å²) in [5.41, 5.74) is 0.686. The summed E-state index contributed by atoms with van der Waals surface area (Å²) in [7, 11) is 0. The van der Waals surface area contributed by atoms with Crippen LogP contribution in [0.25, 0.3) is 0 Å². The molecule has 1 aliphatic heterocycles. The van der Waals surface area contributed by atoms with Crippen LogP contribution in [0.1, 0.15) is 66.2 Å². The number of hydrogen-bond donors (Lipinski definition) is 1. The van der Waals surface area contributed by atoms with Crippen molar-refractivity contribution in [3.8, 4) is 0 Å². The fourth-order valence-corrected chi connectivity index (χ4v) is 3.75. The normalized spacial score (nSPS) is 28.3. The van der Waals surface area contributed by atoms with Gasteiger partial charge in [0.2, 0.25) is 0 Å². The Hall–Kier alpha value is -0.120. The number of ether oxygens (including phenoxy) is 1. The Labute approximate surface area is 131 Å². The fraction of sp³-hybridized carbons (Fsp3) is 1.00. The highest BCUT2D eigenvalue weighted by atomic mass is 16.5. The van der Waals surface area contributed by atoms with Gasteiger partial charge in [-0.2, -0.15) is 0 Å². The molecule has 0 bridgehead atoms. The molecule has 0 spiro atoms. The van der Waals surface area contributed by atoms with Gasteiger partial charge < -0.3 is 10.1 Å². The minimum atomic E-state index is 0.218. The van der Waals surface area contributed by atoms with Gasteiger partial charge in [0, 0.05) is 31.2 Å². The molecule has 0 aromatic rings. The molecule has 2 aliphatic rings. The second-order valence-corrected chi connectivity index (χ2v) is 8.41. The van der Waals surface area contributed by atoms with Gasteiger partial charge in [0.05, 0.1) is 13.2 Å². The maximum atomic E-state index is 5.62. The summed E-state index contributed by atoms with van der Waals surface area (Å²) < 4.78 is 5.62. The molecule has 1 saturated carbocycles. The van der Waals surface area contributed by atoms with Crippen molar-refractivity contribution in [2.45, 2.75) is 77.8 Å². The van der Waals surface area contributed by atoms with Crippen molar-refractivity contribution in [1.29, 1.82) is 0 Å². The zero-order valence-electron chi connectivity index (χ0n) is 14.7. The van der Waals surface area contributed by atoms with Crippen LogP contribution >= 0.6 is 0 Å². The van der Waals surface area contributed by atoms with E-state index in [-0.39, 0.29) is 5.54 Å². The largest absolute Gasteiger partial charge is 0.379 e. The van der Waals surface area contributed by atoms with Gasteiger partial charge in [-0.3, -0.25) is 4.90 Å². The van der Waals surface area contributed by atoms with E-state index in [2.05, 4.69) is 37.9 Å². The van der Waals surface area contributed by atoms with Gasteiger partial charge in [0.1, 0.15) is 0 Å². The van der Waals surface area contributed by atoms with Crippen LogP contribution in [0.5, 0.6) is 0 Å². The van der Waals surface area contributed by atoms with Crippen LogP contribution in [-0.2, 0) is 4.74 Å². The smallest absolute Gasteiger partial charge is 0.0619 e. The van der Waals surface area contributed by atoms with Crippen molar-refractivity contribution in [3.63, 3.8) is 0 Å². The maximum Gasteiger partial charge on any atom is 0.0619 e. The Balaban J connectivity index is 2.02. The zero-order chi connectivity index (χ0) is 15.3. The van der Waals surface area contributed by atoms with E-state index in [1.54, 1.807) is 0 Å². The molecule has 1 saturated heterocycles. The van der Waals surface area contributed by atoms with Gasteiger partial charge in [-0.05, 0) is 46.0 Å². The summed E-state index contributed by atoms with van der Waals surface area (Å²) in [6.07, 6.45) is 8.45. The predicted octanol–water partition coefficient (Wildman–Crippen LogP) is 3.44. The van der Waals surface area contributed by atoms with Crippen LogP contribution in [0.15, 0.2) is 0 Å². The maximum absolute atomic E-state index is 5.62. The molecule has 0 aromatic carbocycles. The minimum absolute atomic E-state index is 0.218. The van der Waals surface area contributed by atoms with Crippen molar-refractivity contribution in [2.24, 2.45) is 5.41 Å². The van der Waals surface area contributed by atoms with Crippen LogP contribution in [-0.4, -0.2) is 49.3 Å². The first-order chi connectivity index (χ1) is 9.90. The average Bonchev–Trinajstić information content (AvgIpc) is 2.65. The molecule has 1 heterocycles. The van der Waals surface area contributed by atoms with E-state index in [1.165, 1.54) is 51.6 Å². The second kappa shape index (κ2) is 7.43. The number of rotatable bonds is 4. The van der Waals surface area contributed by atoms with Gasteiger partial charge in [-0.25, -0.2) is 0 Å². The van der Waals surface area contributed by atoms with Gasteiger partial charge in [0.25, 0.3) is 0 Å². The van der Waals surface area contributed by atoms with Crippen molar-refractivity contribution in [2.75, 3.05) is 32.8 Å². The lowest BCUT2D eigenvalue weighted by molar-refractivity contribution is -0.0240. The van der Waals surface area contributed by atoms with E-state index in [1.807, 2.05) is 0 Å². The summed E-state index contributed by atoms with van der Waals surface area (Å²) in [6, 6.07) is 0.577. The summed E-state index contributed by atoms with van der Waals surface area (Å²) in [5, 5.41) is 3.81. The first kappa shape index (κ1) is 17.2. The Bertz CT molecular complexity index is 303. The fourth-order valence-electron chi connectivity index (χ4n) is 3.75. The van der Waals surface area contributed by atoms with Gasteiger partial charge in [-0.15, -0.1) is 0 Å². The molecular weight excluding hydrogens is 260 g/mol. The third-order valence-electron chi connectivity index (χ3n) is 5.20. The lowest BCUT2D eigenvalue weighted by Crippen LogP contribution is -2.53. The van der Waals surface area contributed by atoms with Crippen LogP contribution in [0.3, 0.4) is 0 Å². The SMILES string of the molecule is CC1COCCN1CC1(CNC(C)(C)C)CCCCCC1. The van der Waals surface area contributed by atoms with Crippen LogP contribution in [0.4, 0.5) is 0 Å². The second-order valence-electron chi connectivity index (χ2n) is 8.41. The quantitative estimate of drug-likeness (QED) is 0.804. The molecule has 1 aliphatic carbocycles. The van der Waals surface area contributed by atoms with Crippen LogP contribution < -0.4 is 5.32 Å². The standard InChI is InChI=1S/C18H36N2O/c1-16-13-21-12-11-20(16)15-18(14-19-17(2,3)4)9-7-5-6-8-10-18/h16,19H,5-15H2,1-4H3. The molecule has 0 aromatic heterocycles. The van der Waals surface area contributed by atoms with Gasteiger partial charge >= 0.3 is 0 Å². The van der Waals surface area contributed by atoms with Gasteiger partial charge in [0.15, 0.2) is 0 Å². The summed E-state index contributed by atoms with van der Waals surface area (Å²) in [5.74, 6) is 0. The molecule has 1 unspecified atom stereocenters. The Morgan fingerprint density at radius 1 is 1.14 bits per heavy atom. The molecule has 0 radical (unpaired) electrons. The highest BCUT2D eigenvalue weighted by Crippen LogP contribution is 2.36. The predicted molar refractivity (Wildman–Crippen MR) is 89.7 cm³/mol. The van der Waals surface area contributed by atoms with Crippen LogP contribution in [0, 0.1) is 5.41 Å². The molecule has 0 amide bonds. The minimum Gasteiger partial charge on any atom is -0.379 e. The van der Waals surface area contributed by atoms with Crippen LogP contribution in [0.2, 0.25) is 0 Å². The summed E-state index contributed by atoms with van der Waals surface area (Å²) in [6.45, 7) is 14.5. The molecule has 3 heteroatoms. The van der Waals surface area contributed by atoms with E-state index < -0.39 is 0 Å². The highest BCUT2D eigenvalue weighted by molar-refractivity contribution is 4.90. The Kier molecular flexibility index (Phi) is 6.10. The third kappa shape index (κ3) is 5.54. The Morgan fingerprint density at radius 2 is 1.81 bits per heavy atom. The molecule has 1 atom stereocenters. The van der Waals surface area contributed by atoms with E-state index in [4.69, 9.17) is 4.74 Å². The molecular formula is C18H36N2O. The molecule has 21 heavy (non-hydrogen) atoms. The topological polar surface area (TPSA) is 24.5 Å². The summed E-state index contributed by atoms with van der Waals surface area (Å²) in [4.78, 5) is 2.68. The number of nitrogens with zero attached hydrogens (tertiary/aromatic N) is 1. The molecule has 2 rings (SSSR count). The van der Waals surface area contributed by atoms with Crippen molar-refractivity contribution in [1.82, 2.24) is 10.2 Å². The summed E-state index contributed by atoms with van der Waals surface area (Å²) >= 11 is 0. The number of nitrogens with one attached hydrogen (secondary N) is 1. The Morgan fingerprint density at radius 3 is 2.38 bits per heavy atom. The number of morpholine rings is 1. The lowest BCUT2D eigenvalue weighted by atomic mass is 9.78. The average molecular weight is 296 g/mol. The third-order valence-corrected chi connectivity index (χ3v) is 5.20. The van der Waals surface area contributed by atoms with E-state index in [0.717, 1.165) is 19.8 Å². The highest BCUT2D eigenvalue weighted by Gasteiger charge is 2.35. The number of hydrogen-bond acceptors (Lipinski definition) is 3.